The van der Waals surface area contributed by atoms with Gasteiger partial charge in [0, 0.05) is 56.6 Å². The Hall–Kier alpha value is -3.81. The monoisotopic (exact) mass is 545 g/mol. The minimum Gasteiger partial charge on any atom is -0.336 e. The van der Waals surface area contributed by atoms with E-state index in [9.17, 15) is 4.79 Å². The zero-order chi connectivity index (χ0) is 24.9. The smallest absolute Gasteiger partial charge is 0.254 e. The minimum absolute atomic E-state index is 0. The molecule has 8 heteroatoms. The van der Waals surface area contributed by atoms with E-state index in [0.717, 1.165) is 52.8 Å². The summed E-state index contributed by atoms with van der Waals surface area (Å²) < 4.78 is 2.14. The molecule has 6 nitrogen and oxygen atoms in total. The first-order valence-electron chi connectivity index (χ1n) is 12.1. The maximum atomic E-state index is 13.4. The number of carbonyl (C=O) groups is 1. The predicted octanol–water partition coefficient (Wildman–Crippen LogP) is 5.13. The maximum Gasteiger partial charge on any atom is 0.254 e. The molecule has 0 saturated carbocycles. The van der Waals surface area contributed by atoms with Crippen LogP contribution in [0.15, 0.2) is 73.2 Å². The van der Waals surface area contributed by atoms with Crippen LogP contribution in [0.5, 0.6) is 0 Å². The van der Waals surface area contributed by atoms with Gasteiger partial charge in [-0.2, -0.15) is 5.26 Å². The number of aromatic nitrogens is 2. The highest BCUT2D eigenvalue weighted by molar-refractivity contribution is 6.08. The van der Waals surface area contributed by atoms with Crippen LogP contribution in [0.4, 0.5) is 0 Å². The van der Waals surface area contributed by atoms with Gasteiger partial charge in [-0.3, -0.25) is 9.69 Å². The van der Waals surface area contributed by atoms with Gasteiger partial charge in [0.1, 0.15) is 0 Å². The molecule has 2 heterocycles. The van der Waals surface area contributed by atoms with E-state index in [-0.39, 0.29) is 30.7 Å². The Morgan fingerprint density at radius 1 is 0.921 bits per heavy atom. The van der Waals surface area contributed by atoms with Crippen LogP contribution in [0.25, 0.3) is 10.8 Å². The summed E-state index contributed by atoms with van der Waals surface area (Å²) in [4.78, 5) is 22.1. The summed E-state index contributed by atoms with van der Waals surface area (Å²) in [6, 6.07) is 21.7. The fourth-order valence-corrected chi connectivity index (χ4v) is 4.75. The molecule has 1 amide bonds. The van der Waals surface area contributed by atoms with Crippen molar-refractivity contribution in [2.24, 2.45) is 0 Å². The summed E-state index contributed by atoms with van der Waals surface area (Å²) in [5.74, 6) is 6.19. The van der Waals surface area contributed by atoms with Crippen molar-refractivity contribution in [3.05, 3.63) is 101 Å². The summed E-state index contributed by atoms with van der Waals surface area (Å²) >= 11 is 0. The van der Waals surface area contributed by atoms with Crippen molar-refractivity contribution >= 4 is 41.5 Å². The number of nitriles is 1. The standard InChI is InChI=1S/C30H27N5O.2ClH/c1-2-5-25-6-3-8-28-27(25)7-4-9-29(28)30(36)34-16-14-33(15-17-34)21-26-19-32-22-35(26)20-24-12-10-23(18-31)11-13-24;;/h3-4,6-13,19,22H,14-17,20-21H2,1H3;2*1H. The Morgan fingerprint density at radius 3 is 2.34 bits per heavy atom. The molecule has 0 unspecified atom stereocenters. The zero-order valence-electron chi connectivity index (χ0n) is 21.1. The minimum atomic E-state index is 0. The summed E-state index contributed by atoms with van der Waals surface area (Å²) in [6.45, 7) is 6.32. The first kappa shape index (κ1) is 28.8. The Bertz CT molecular complexity index is 1500. The maximum absolute atomic E-state index is 13.4. The normalized spacial score (nSPS) is 13.0. The van der Waals surface area contributed by atoms with Crippen LogP contribution in [0.2, 0.25) is 0 Å². The van der Waals surface area contributed by atoms with Gasteiger partial charge in [0.05, 0.1) is 23.7 Å². The molecule has 0 N–H and O–H groups in total. The second-order valence-corrected chi connectivity index (χ2v) is 8.97. The van der Waals surface area contributed by atoms with Crippen molar-refractivity contribution in [1.82, 2.24) is 19.4 Å². The number of amides is 1. The third-order valence-corrected chi connectivity index (χ3v) is 6.69. The fraction of sp³-hybridized carbons (Fsp3) is 0.233. The van der Waals surface area contributed by atoms with Crippen molar-refractivity contribution in [3.63, 3.8) is 0 Å². The molecule has 1 aromatic heterocycles. The number of imidazole rings is 1. The second kappa shape index (κ2) is 13.1. The van der Waals surface area contributed by atoms with E-state index >= 15 is 0 Å². The quantitative estimate of drug-likeness (QED) is 0.326. The van der Waals surface area contributed by atoms with Crippen LogP contribution < -0.4 is 0 Å². The molecule has 0 radical (unpaired) electrons. The van der Waals surface area contributed by atoms with Gasteiger partial charge in [0.25, 0.3) is 5.91 Å². The summed E-state index contributed by atoms with van der Waals surface area (Å²) in [5.41, 5.74) is 4.62. The fourth-order valence-electron chi connectivity index (χ4n) is 4.75. The van der Waals surface area contributed by atoms with Crippen LogP contribution in [0.1, 0.15) is 39.7 Å². The first-order chi connectivity index (χ1) is 17.7. The van der Waals surface area contributed by atoms with Crippen molar-refractivity contribution in [2.45, 2.75) is 20.0 Å². The van der Waals surface area contributed by atoms with E-state index in [4.69, 9.17) is 5.26 Å². The lowest BCUT2D eigenvalue weighted by atomic mass is 9.99. The summed E-state index contributed by atoms with van der Waals surface area (Å²) in [7, 11) is 0. The number of hydrogen-bond donors (Lipinski definition) is 0. The highest BCUT2D eigenvalue weighted by Crippen LogP contribution is 2.24. The number of hydrogen-bond acceptors (Lipinski definition) is 4. The zero-order valence-corrected chi connectivity index (χ0v) is 22.8. The molecule has 0 bridgehead atoms. The van der Waals surface area contributed by atoms with Crippen molar-refractivity contribution in [2.75, 3.05) is 26.2 Å². The van der Waals surface area contributed by atoms with Gasteiger partial charge in [0.2, 0.25) is 0 Å². The number of piperazine rings is 1. The first-order valence-corrected chi connectivity index (χ1v) is 12.1. The molecule has 38 heavy (non-hydrogen) atoms. The van der Waals surface area contributed by atoms with Gasteiger partial charge in [-0.1, -0.05) is 42.3 Å². The van der Waals surface area contributed by atoms with E-state index in [0.29, 0.717) is 25.2 Å². The largest absolute Gasteiger partial charge is 0.336 e. The van der Waals surface area contributed by atoms with Gasteiger partial charge in [-0.15, -0.1) is 30.7 Å². The van der Waals surface area contributed by atoms with Gasteiger partial charge >= 0.3 is 0 Å². The lowest BCUT2D eigenvalue weighted by Gasteiger charge is -2.35. The van der Waals surface area contributed by atoms with Crippen LogP contribution in [-0.2, 0) is 13.1 Å². The summed E-state index contributed by atoms with van der Waals surface area (Å²) in [5, 5.41) is 11.0. The van der Waals surface area contributed by atoms with Gasteiger partial charge in [-0.05, 0) is 47.5 Å². The third-order valence-electron chi connectivity index (χ3n) is 6.69. The van der Waals surface area contributed by atoms with Gasteiger partial charge in [-0.25, -0.2) is 4.98 Å². The molecule has 194 valence electrons. The van der Waals surface area contributed by atoms with Gasteiger partial charge in [0.15, 0.2) is 0 Å². The number of benzene rings is 3. The molecular formula is C30H29Cl2N5O. The molecule has 1 aliphatic heterocycles. The molecule has 0 atom stereocenters. The Labute approximate surface area is 235 Å². The van der Waals surface area contributed by atoms with Crippen molar-refractivity contribution in [1.29, 1.82) is 5.26 Å². The van der Waals surface area contributed by atoms with E-state index < -0.39 is 0 Å². The third kappa shape index (κ3) is 6.18. The molecule has 3 aromatic carbocycles. The molecule has 1 saturated heterocycles. The lowest BCUT2D eigenvalue weighted by Crippen LogP contribution is -2.48. The molecule has 0 aliphatic carbocycles. The van der Waals surface area contributed by atoms with Crippen LogP contribution in [0.3, 0.4) is 0 Å². The van der Waals surface area contributed by atoms with E-state index in [2.05, 4.69) is 32.4 Å². The van der Waals surface area contributed by atoms with Gasteiger partial charge < -0.3 is 9.47 Å². The highest BCUT2D eigenvalue weighted by atomic mass is 35.5. The molecule has 1 fully saturated rings. The van der Waals surface area contributed by atoms with Crippen molar-refractivity contribution in [3.8, 4) is 17.9 Å². The van der Waals surface area contributed by atoms with Crippen LogP contribution >= 0.6 is 24.8 Å². The number of carbonyl (C=O) groups excluding carboxylic acids is 1. The molecule has 0 spiro atoms. The average molecular weight is 547 g/mol. The van der Waals surface area contributed by atoms with Crippen LogP contribution in [0, 0.1) is 23.2 Å². The number of halogens is 2. The Morgan fingerprint density at radius 2 is 1.63 bits per heavy atom. The number of rotatable bonds is 5. The van der Waals surface area contributed by atoms with E-state index in [1.807, 2.05) is 85.0 Å². The summed E-state index contributed by atoms with van der Waals surface area (Å²) in [6.07, 6.45) is 3.76. The topological polar surface area (TPSA) is 65.2 Å². The Balaban J connectivity index is 0.00000200. The van der Waals surface area contributed by atoms with Crippen LogP contribution in [-0.4, -0.2) is 51.4 Å². The number of fused-ring (bicyclic) bond motifs is 1. The van der Waals surface area contributed by atoms with E-state index in [1.54, 1.807) is 0 Å². The molecule has 1 aliphatic rings. The number of nitrogens with zero attached hydrogens (tertiary/aromatic N) is 5. The molecular weight excluding hydrogens is 517 g/mol. The molecule has 5 rings (SSSR count). The molecule has 4 aromatic rings. The SMILES string of the molecule is CC#Cc1cccc2c(C(=O)N3CCN(Cc4cncn4Cc4ccc(C#N)cc4)CC3)cccc12.Cl.Cl. The predicted molar refractivity (Wildman–Crippen MR) is 155 cm³/mol. The lowest BCUT2D eigenvalue weighted by molar-refractivity contribution is 0.0627. The highest BCUT2D eigenvalue weighted by Gasteiger charge is 2.24. The van der Waals surface area contributed by atoms with Crippen molar-refractivity contribution < 1.29 is 4.79 Å². The Kier molecular flexibility index (Phi) is 9.93. The average Bonchev–Trinajstić information content (AvgIpc) is 3.35. The second-order valence-electron chi connectivity index (χ2n) is 8.97. The van der Waals surface area contributed by atoms with E-state index in [1.165, 1.54) is 0 Å².